The first kappa shape index (κ1) is 9.94. The number of hydrogen-bond acceptors (Lipinski definition) is 2. The van der Waals surface area contributed by atoms with E-state index in [1.54, 1.807) is 6.92 Å². The van der Waals surface area contributed by atoms with Gasteiger partial charge in [-0.25, -0.2) is 0 Å². The molecular weight excluding hydrogens is 146 g/mol. The number of carbonyl (C=O) groups is 2. The van der Waals surface area contributed by atoms with Crippen molar-refractivity contribution in [2.24, 2.45) is 11.7 Å². The molecule has 0 aliphatic rings. The maximum atomic E-state index is 10.4. The first-order valence-electron chi connectivity index (χ1n) is 3.59. The lowest BCUT2D eigenvalue weighted by Gasteiger charge is -2.06. The third-order valence-electron chi connectivity index (χ3n) is 1.58. The molecule has 4 heteroatoms. The van der Waals surface area contributed by atoms with Gasteiger partial charge in [-0.05, 0) is 12.8 Å². The summed E-state index contributed by atoms with van der Waals surface area (Å²) in [6.45, 7) is 1.78. The van der Waals surface area contributed by atoms with Crippen LogP contribution in [0.1, 0.15) is 26.2 Å². The lowest BCUT2D eigenvalue weighted by atomic mass is 10.0. The van der Waals surface area contributed by atoms with Crippen LogP contribution >= 0.6 is 0 Å². The largest absolute Gasteiger partial charge is 0.481 e. The van der Waals surface area contributed by atoms with Crippen LogP contribution < -0.4 is 5.73 Å². The van der Waals surface area contributed by atoms with E-state index in [1.165, 1.54) is 0 Å². The highest BCUT2D eigenvalue weighted by molar-refractivity contribution is 5.75. The summed E-state index contributed by atoms with van der Waals surface area (Å²) in [4.78, 5) is 20.7. The minimum absolute atomic E-state index is 0.158. The van der Waals surface area contributed by atoms with Crippen LogP contribution in [0.2, 0.25) is 0 Å². The molecule has 0 spiro atoms. The number of primary amides is 1. The topological polar surface area (TPSA) is 80.4 Å². The van der Waals surface area contributed by atoms with Gasteiger partial charge in [0.2, 0.25) is 5.91 Å². The van der Waals surface area contributed by atoms with Crippen LogP contribution in [0.5, 0.6) is 0 Å². The van der Waals surface area contributed by atoms with Crippen LogP contribution in [0.4, 0.5) is 0 Å². The van der Waals surface area contributed by atoms with Gasteiger partial charge in [-0.2, -0.15) is 0 Å². The van der Waals surface area contributed by atoms with E-state index < -0.39 is 17.8 Å². The molecule has 0 aromatic rings. The van der Waals surface area contributed by atoms with E-state index in [0.29, 0.717) is 12.8 Å². The van der Waals surface area contributed by atoms with Gasteiger partial charge in [0, 0.05) is 6.42 Å². The van der Waals surface area contributed by atoms with Crippen molar-refractivity contribution in [3.05, 3.63) is 0 Å². The zero-order valence-electron chi connectivity index (χ0n) is 6.54. The number of rotatable bonds is 5. The van der Waals surface area contributed by atoms with E-state index in [-0.39, 0.29) is 6.42 Å². The zero-order chi connectivity index (χ0) is 8.85. The smallest absolute Gasteiger partial charge is 0.306 e. The molecule has 1 atom stereocenters. The molecule has 0 fully saturated rings. The number of nitrogens with two attached hydrogens (primary N) is 1. The Morgan fingerprint density at radius 2 is 2.09 bits per heavy atom. The average Bonchev–Trinajstić information content (AvgIpc) is 1.87. The lowest BCUT2D eigenvalue weighted by Crippen LogP contribution is -2.17. The van der Waals surface area contributed by atoms with Gasteiger partial charge in [-0.1, -0.05) is 6.92 Å². The summed E-state index contributed by atoms with van der Waals surface area (Å²) in [6.07, 6.45) is 1.05. The molecule has 0 aliphatic carbocycles. The van der Waals surface area contributed by atoms with Gasteiger partial charge in [-0.3, -0.25) is 9.59 Å². The van der Waals surface area contributed by atoms with Crippen molar-refractivity contribution in [2.75, 3.05) is 0 Å². The number of amides is 1. The summed E-state index contributed by atoms with van der Waals surface area (Å²) >= 11 is 0. The van der Waals surface area contributed by atoms with Gasteiger partial charge in [0.1, 0.15) is 0 Å². The second-order valence-electron chi connectivity index (χ2n) is 2.45. The fourth-order valence-corrected chi connectivity index (χ4v) is 0.819. The molecule has 11 heavy (non-hydrogen) atoms. The van der Waals surface area contributed by atoms with Gasteiger partial charge in [-0.15, -0.1) is 0 Å². The Hall–Kier alpha value is -1.06. The predicted octanol–water partition coefficient (Wildman–Crippen LogP) is 0.363. The molecular formula is C7H13NO3. The molecule has 0 bridgehead atoms. The normalized spacial score (nSPS) is 12.5. The Morgan fingerprint density at radius 3 is 2.36 bits per heavy atom. The maximum Gasteiger partial charge on any atom is 0.306 e. The Labute approximate surface area is 65.4 Å². The van der Waals surface area contributed by atoms with Crippen molar-refractivity contribution in [1.82, 2.24) is 0 Å². The average molecular weight is 159 g/mol. The fraction of sp³-hybridized carbons (Fsp3) is 0.714. The number of hydrogen-bond donors (Lipinski definition) is 2. The van der Waals surface area contributed by atoms with Crippen molar-refractivity contribution in [3.63, 3.8) is 0 Å². The fourth-order valence-electron chi connectivity index (χ4n) is 0.819. The highest BCUT2D eigenvalue weighted by atomic mass is 16.4. The standard InChI is InChI=1S/C7H13NO3/c1-2-5(7(10)11)3-4-6(8)9/h5H,2-4H2,1H3,(H2,8,9)(H,10,11)/t5-/m0/s1. The molecule has 64 valence electrons. The number of carbonyl (C=O) groups excluding carboxylic acids is 1. The maximum absolute atomic E-state index is 10.4. The lowest BCUT2D eigenvalue weighted by molar-refractivity contribution is -0.142. The van der Waals surface area contributed by atoms with Crippen molar-refractivity contribution < 1.29 is 14.7 Å². The second kappa shape index (κ2) is 4.71. The first-order valence-corrected chi connectivity index (χ1v) is 3.59. The Bertz CT molecular complexity index is 156. The van der Waals surface area contributed by atoms with E-state index in [4.69, 9.17) is 10.8 Å². The molecule has 1 amide bonds. The number of carboxylic acid groups (broad SMARTS) is 1. The van der Waals surface area contributed by atoms with E-state index in [1.807, 2.05) is 0 Å². The summed E-state index contributed by atoms with van der Waals surface area (Å²) < 4.78 is 0. The molecule has 3 N–H and O–H groups in total. The quantitative estimate of drug-likeness (QED) is 0.607. The minimum atomic E-state index is -0.853. The molecule has 0 saturated heterocycles. The summed E-state index contributed by atoms with van der Waals surface area (Å²) in [7, 11) is 0. The molecule has 0 saturated carbocycles. The summed E-state index contributed by atoms with van der Waals surface area (Å²) in [6, 6.07) is 0. The van der Waals surface area contributed by atoms with Gasteiger partial charge >= 0.3 is 5.97 Å². The molecule has 0 heterocycles. The Balaban J connectivity index is 3.70. The van der Waals surface area contributed by atoms with Gasteiger partial charge in [0.05, 0.1) is 5.92 Å². The highest BCUT2D eigenvalue weighted by Crippen LogP contribution is 2.10. The molecule has 0 rings (SSSR count). The predicted molar refractivity (Wildman–Crippen MR) is 39.8 cm³/mol. The van der Waals surface area contributed by atoms with Crippen molar-refractivity contribution in [1.29, 1.82) is 0 Å². The van der Waals surface area contributed by atoms with E-state index in [9.17, 15) is 9.59 Å². The molecule has 0 aromatic heterocycles. The number of aliphatic carboxylic acids is 1. The first-order chi connectivity index (χ1) is 5.07. The van der Waals surface area contributed by atoms with Crippen LogP contribution in [-0.4, -0.2) is 17.0 Å². The Kier molecular flexibility index (Phi) is 4.26. The van der Waals surface area contributed by atoms with E-state index in [0.717, 1.165) is 0 Å². The Morgan fingerprint density at radius 1 is 1.55 bits per heavy atom. The SMILES string of the molecule is CC[C@@H](CCC(N)=O)C(=O)O. The summed E-state index contributed by atoms with van der Waals surface area (Å²) in [5.74, 6) is -1.72. The second-order valence-corrected chi connectivity index (χ2v) is 2.45. The summed E-state index contributed by atoms with van der Waals surface area (Å²) in [5, 5.41) is 8.53. The molecule has 0 aromatic carbocycles. The highest BCUT2D eigenvalue weighted by Gasteiger charge is 2.14. The third-order valence-corrected chi connectivity index (χ3v) is 1.58. The van der Waals surface area contributed by atoms with Crippen molar-refractivity contribution in [2.45, 2.75) is 26.2 Å². The van der Waals surface area contributed by atoms with E-state index in [2.05, 4.69) is 0 Å². The zero-order valence-corrected chi connectivity index (χ0v) is 6.54. The van der Waals surface area contributed by atoms with Gasteiger partial charge in [0.25, 0.3) is 0 Å². The van der Waals surface area contributed by atoms with Crippen LogP contribution in [0.3, 0.4) is 0 Å². The minimum Gasteiger partial charge on any atom is -0.481 e. The number of carboxylic acids is 1. The summed E-state index contributed by atoms with van der Waals surface area (Å²) in [5.41, 5.74) is 4.86. The van der Waals surface area contributed by atoms with Crippen molar-refractivity contribution >= 4 is 11.9 Å². The molecule has 4 nitrogen and oxygen atoms in total. The molecule has 0 aliphatic heterocycles. The van der Waals surface area contributed by atoms with Crippen LogP contribution in [0.25, 0.3) is 0 Å². The van der Waals surface area contributed by atoms with Gasteiger partial charge in [0.15, 0.2) is 0 Å². The molecule has 0 radical (unpaired) electrons. The third kappa shape index (κ3) is 4.36. The van der Waals surface area contributed by atoms with Gasteiger partial charge < -0.3 is 10.8 Å². The van der Waals surface area contributed by atoms with Crippen molar-refractivity contribution in [3.8, 4) is 0 Å². The molecule has 0 unspecified atom stereocenters. The van der Waals surface area contributed by atoms with Crippen LogP contribution in [0, 0.1) is 5.92 Å². The van der Waals surface area contributed by atoms with E-state index >= 15 is 0 Å². The van der Waals surface area contributed by atoms with Crippen LogP contribution in [-0.2, 0) is 9.59 Å². The van der Waals surface area contributed by atoms with Crippen LogP contribution in [0.15, 0.2) is 0 Å². The monoisotopic (exact) mass is 159 g/mol.